The van der Waals surface area contributed by atoms with Crippen LogP contribution in [0.2, 0.25) is 0 Å². The Bertz CT molecular complexity index is 808. The molecule has 0 aliphatic rings. The van der Waals surface area contributed by atoms with Crippen molar-refractivity contribution in [1.82, 2.24) is 0 Å². The fourth-order valence-corrected chi connectivity index (χ4v) is 2.71. The molecule has 3 aromatic rings. The molecule has 0 aliphatic carbocycles. The van der Waals surface area contributed by atoms with Crippen LogP contribution in [0.1, 0.15) is 11.1 Å². The van der Waals surface area contributed by atoms with Crippen LogP contribution in [-0.2, 0) is 10.4 Å². The van der Waals surface area contributed by atoms with E-state index in [2.05, 4.69) is 5.32 Å². The van der Waals surface area contributed by atoms with Gasteiger partial charge in [-0.15, -0.1) is 0 Å². The van der Waals surface area contributed by atoms with Crippen molar-refractivity contribution in [3.05, 3.63) is 96.1 Å². The summed E-state index contributed by atoms with van der Waals surface area (Å²) < 4.78 is 5.18. The van der Waals surface area contributed by atoms with Crippen LogP contribution in [0, 0.1) is 0 Å². The molecule has 126 valence electrons. The molecule has 0 aromatic heterocycles. The Kier molecular flexibility index (Phi) is 4.82. The third kappa shape index (κ3) is 3.39. The van der Waals surface area contributed by atoms with Gasteiger partial charge in [0, 0.05) is 11.8 Å². The van der Waals surface area contributed by atoms with Gasteiger partial charge in [-0.05, 0) is 23.3 Å². The number of benzene rings is 3. The maximum Gasteiger partial charge on any atom is 0.265 e. The lowest BCUT2D eigenvalue weighted by Crippen LogP contribution is -2.41. The molecule has 0 radical (unpaired) electrons. The van der Waals surface area contributed by atoms with Gasteiger partial charge in [-0.2, -0.15) is 0 Å². The lowest BCUT2D eigenvalue weighted by molar-refractivity contribution is -0.131. The number of aliphatic hydroxyl groups is 1. The van der Waals surface area contributed by atoms with E-state index >= 15 is 0 Å². The standard InChI is InChI=1S/C21H19NO3/c1-25-19-14-8-13-18(15-19)22-20(23)21(24,16-9-4-2-5-10-16)17-11-6-3-7-12-17/h2-15,24H,1H3,(H,22,23). The van der Waals surface area contributed by atoms with Crippen LogP contribution in [0.15, 0.2) is 84.9 Å². The van der Waals surface area contributed by atoms with Crippen LogP contribution in [0.4, 0.5) is 5.69 Å². The molecule has 0 saturated heterocycles. The molecule has 0 atom stereocenters. The van der Waals surface area contributed by atoms with Gasteiger partial charge in [0.15, 0.2) is 5.60 Å². The summed E-state index contributed by atoms with van der Waals surface area (Å²) in [6.07, 6.45) is 0. The van der Waals surface area contributed by atoms with Gasteiger partial charge in [-0.3, -0.25) is 4.79 Å². The molecule has 3 aromatic carbocycles. The fourth-order valence-electron chi connectivity index (χ4n) is 2.71. The Morgan fingerprint density at radius 3 is 1.96 bits per heavy atom. The lowest BCUT2D eigenvalue weighted by Gasteiger charge is -2.28. The van der Waals surface area contributed by atoms with Crippen LogP contribution in [0.25, 0.3) is 0 Å². The SMILES string of the molecule is COc1cccc(NC(=O)C(O)(c2ccccc2)c2ccccc2)c1. The van der Waals surface area contributed by atoms with E-state index in [0.29, 0.717) is 22.6 Å². The number of methoxy groups -OCH3 is 1. The summed E-state index contributed by atoms with van der Waals surface area (Å²) in [4.78, 5) is 13.0. The van der Waals surface area contributed by atoms with Crippen molar-refractivity contribution >= 4 is 11.6 Å². The summed E-state index contributed by atoms with van der Waals surface area (Å²) in [6.45, 7) is 0. The van der Waals surface area contributed by atoms with Crippen molar-refractivity contribution in [2.45, 2.75) is 5.60 Å². The van der Waals surface area contributed by atoms with E-state index in [0.717, 1.165) is 0 Å². The normalized spacial score (nSPS) is 11.0. The highest BCUT2D eigenvalue weighted by Crippen LogP contribution is 2.31. The number of carbonyl (C=O) groups excluding carboxylic acids is 1. The average Bonchev–Trinajstić information content (AvgIpc) is 2.68. The highest BCUT2D eigenvalue weighted by Gasteiger charge is 2.39. The molecular formula is C21H19NO3. The molecule has 0 bridgehead atoms. The predicted octanol–water partition coefficient (Wildman–Crippen LogP) is 3.57. The molecule has 0 fully saturated rings. The maximum atomic E-state index is 13.0. The molecule has 0 heterocycles. The molecule has 1 amide bonds. The van der Waals surface area contributed by atoms with E-state index in [1.54, 1.807) is 79.9 Å². The number of carbonyl (C=O) groups is 1. The molecule has 4 nitrogen and oxygen atoms in total. The first-order chi connectivity index (χ1) is 12.1. The Morgan fingerprint density at radius 2 is 1.44 bits per heavy atom. The third-order valence-electron chi connectivity index (χ3n) is 4.04. The summed E-state index contributed by atoms with van der Waals surface area (Å²) in [6, 6.07) is 24.8. The van der Waals surface area contributed by atoms with E-state index in [1.165, 1.54) is 0 Å². The summed E-state index contributed by atoms with van der Waals surface area (Å²) in [5.74, 6) is 0.0962. The monoisotopic (exact) mass is 333 g/mol. The van der Waals surface area contributed by atoms with Crippen LogP contribution in [0.5, 0.6) is 5.75 Å². The fraction of sp³-hybridized carbons (Fsp3) is 0.0952. The number of hydrogen-bond donors (Lipinski definition) is 2. The van der Waals surface area contributed by atoms with Crippen LogP contribution in [-0.4, -0.2) is 18.1 Å². The molecule has 2 N–H and O–H groups in total. The summed E-state index contributed by atoms with van der Waals surface area (Å²) in [7, 11) is 1.56. The topological polar surface area (TPSA) is 58.6 Å². The third-order valence-corrected chi connectivity index (χ3v) is 4.04. The number of ether oxygens (including phenoxy) is 1. The van der Waals surface area contributed by atoms with Crippen LogP contribution < -0.4 is 10.1 Å². The van der Waals surface area contributed by atoms with Crippen molar-refractivity contribution in [2.24, 2.45) is 0 Å². The molecule has 0 saturated carbocycles. The minimum atomic E-state index is -1.80. The second kappa shape index (κ2) is 7.20. The summed E-state index contributed by atoms with van der Waals surface area (Å²) in [5, 5.41) is 14.2. The second-order valence-electron chi connectivity index (χ2n) is 5.63. The van der Waals surface area contributed by atoms with Crippen molar-refractivity contribution in [1.29, 1.82) is 0 Å². The molecule has 0 aliphatic heterocycles. The Balaban J connectivity index is 2.01. The zero-order valence-corrected chi connectivity index (χ0v) is 13.8. The average molecular weight is 333 g/mol. The van der Waals surface area contributed by atoms with Gasteiger partial charge in [-0.1, -0.05) is 66.7 Å². The van der Waals surface area contributed by atoms with Gasteiger partial charge in [0.25, 0.3) is 5.91 Å². The van der Waals surface area contributed by atoms with E-state index in [1.807, 2.05) is 12.1 Å². The molecule has 25 heavy (non-hydrogen) atoms. The zero-order chi connectivity index (χ0) is 17.7. The first kappa shape index (κ1) is 16.7. The number of anilines is 1. The molecule has 0 spiro atoms. The number of hydrogen-bond acceptors (Lipinski definition) is 3. The molecule has 3 rings (SSSR count). The zero-order valence-electron chi connectivity index (χ0n) is 13.8. The number of amides is 1. The highest BCUT2D eigenvalue weighted by atomic mass is 16.5. The first-order valence-electron chi connectivity index (χ1n) is 7.93. The van der Waals surface area contributed by atoms with E-state index < -0.39 is 11.5 Å². The predicted molar refractivity (Wildman–Crippen MR) is 97.5 cm³/mol. The molecule has 4 heteroatoms. The van der Waals surface area contributed by atoms with Gasteiger partial charge in [-0.25, -0.2) is 0 Å². The van der Waals surface area contributed by atoms with Gasteiger partial charge < -0.3 is 15.2 Å². The smallest absolute Gasteiger partial charge is 0.265 e. The van der Waals surface area contributed by atoms with Crippen molar-refractivity contribution in [2.75, 3.05) is 12.4 Å². The minimum Gasteiger partial charge on any atom is -0.497 e. The van der Waals surface area contributed by atoms with E-state index in [4.69, 9.17) is 4.74 Å². The van der Waals surface area contributed by atoms with Gasteiger partial charge in [0.2, 0.25) is 0 Å². The largest absolute Gasteiger partial charge is 0.497 e. The van der Waals surface area contributed by atoms with Crippen molar-refractivity contribution < 1.29 is 14.6 Å². The van der Waals surface area contributed by atoms with Crippen LogP contribution in [0.3, 0.4) is 0 Å². The van der Waals surface area contributed by atoms with Gasteiger partial charge in [0.1, 0.15) is 5.75 Å². The van der Waals surface area contributed by atoms with E-state index in [9.17, 15) is 9.90 Å². The lowest BCUT2D eigenvalue weighted by atomic mass is 9.85. The maximum absolute atomic E-state index is 13.0. The van der Waals surface area contributed by atoms with Gasteiger partial charge in [0.05, 0.1) is 7.11 Å². The summed E-state index contributed by atoms with van der Waals surface area (Å²) >= 11 is 0. The van der Waals surface area contributed by atoms with Crippen LogP contribution >= 0.6 is 0 Å². The quantitative estimate of drug-likeness (QED) is 0.750. The Hall–Kier alpha value is -3.11. The Labute approximate surface area is 146 Å². The second-order valence-corrected chi connectivity index (χ2v) is 5.63. The Morgan fingerprint density at radius 1 is 0.880 bits per heavy atom. The first-order valence-corrected chi connectivity index (χ1v) is 7.93. The number of rotatable bonds is 5. The van der Waals surface area contributed by atoms with E-state index in [-0.39, 0.29) is 0 Å². The molecule has 0 unspecified atom stereocenters. The van der Waals surface area contributed by atoms with Crippen molar-refractivity contribution in [3.8, 4) is 5.75 Å². The minimum absolute atomic E-state index is 0.501. The molecular weight excluding hydrogens is 314 g/mol. The van der Waals surface area contributed by atoms with Crippen molar-refractivity contribution in [3.63, 3.8) is 0 Å². The number of nitrogens with one attached hydrogen (secondary N) is 1. The van der Waals surface area contributed by atoms with Gasteiger partial charge >= 0.3 is 0 Å². The highest BCUT2D eigenvalue weighted by molar-refractivity contribution is 6.00. The summed E-state index contributed by atoms with van der Waals surface area (Å²) in [5.41, 5.74) is -0.246.